The lowest BCUT2D eigenvalue weighted by Gasteiger charge is -2.43. The molecule has 0 N–H and O–H groups in total. The van der Waals surface area contributed by atoms with Crippen molar-refractivity contribution in [3.05, 3.63) is 30.1 Å². The summed E-state index contributed by atoms with van der Waals surface area (Å²) in [4.78, 5) is 52.1. The van der Waals surface area contributed by atoms with E-state index in [1.165, 1.54) is 0 Å². The van der Waals surface area contributed by atoms with Crippen LogP contribution in [0.15, 0.2) is 24.5 Å². The van der Waals surface area contributed by atoms with Gasteiger partial charge in [0.1, 0.15) is 17.3 Å². The molecule has 0 bridgehead atoms. The monoisotopic (exact) mass is 622 g/mol. The lowest BCUT2D eigenvalue weighted by Crippen LogP contribution is -2.54. The highest BCUT2D eigenvalue weighted by molar-refractivity contribution is 5.98. The normalized spacial score (nSPS) is 29.1. The van der Waals surface area contributed by atoms with Crippen LogP contribution in [-0.2, 0) is 28.7 Å². The summed E-state index contributed by atoms with van der Waals surface area (Å²) in [5.74, 6) is -1.41. The first-order chi connectivity index (χ1) is 21.0. The van der Waals surface area contributed by atoms with Gasteiger partial charge in [0.15, 0.2) is 6.29 Å². The van der Waals surface area contributed by atoms with E-state index in [0.29, 0.717) is 63.3 Å². The van der Waals surface area contributed by atoms with E-state index in [2.05, 4.69) is 19.7 Å². The van der Waals surface area contributed by atoms with E-state index in [1.54, 1.807) is 43.5 Å². The van der Waals surface area contributed by atoms with Crippen LogP contribution >= 0.6 is 0 Å². The van der Waals surface area contributed by atoms with E-state index in [9.17, 15) is 18.9 Å². The third kappa shape index (κ3) is 10.5. The van der Waals surface area contributed by atoms with Gasteiger partial charge < -0.3 is 28.9 Å². The maximum atomic E-state index is 12.9. The molecule has 0 aliphatic carbocycles. The van der Waals surface area contributed by atoms with Crippen molar-refractivity contribution >= 4 is 17.7 Å². The molecule has 3 fully saturated rings. The number of hydrogen-bond donors (Lipinski definition) is 0. The number of halogens is 1. The first-order valence-electron chi connectivity index (χ1n) is 15.7. The number of carbonyl (C=O) groups is 3. The maximum absolute atomic E-state index is 12.9. The average Bonchev–Trinajstić information content (AvgIpc) is 3.02. The minimum atomic E-state index is -0.799. The lowest BCUT2D eigenvalue weighted by molar-refractivity contribution is -0.304. The molecule has 44 heavy (non-hydrogen) atoms. The van der Waals surface area contributed by atoms with Gasteiger partial charge >= 0.3 is 5.97 Å². The zero-order chi connectivity index (χ0) is 32.3. The molecule has 0 saturated carbocycles. The molecule has 1 aromatic rings. The maximum Gasteiger partial charge on any atom is 0.316 e. The Morgan fingerprint density at radius 2 is 1.77 bits per heavy atom. The van der Waals surface area contributed by atoms with E-state index in [-0.39, 0.29) is 23.9 Å². The van der Waals surface area contributed by atoms with Gasteiger partial charge in [-0.15, -0.1) is 0 Å². The van der Waals surface area contributed by atoms with Crippen LogP contribution in [0.2, 0.25) is 0 Å². The number of piperidine rings is 1. The van der Waals surface area contributed by atoms with E-state index < -0.39 is 23.8 Å². The summed E-state index contributed by atoms with van der Waals surface area (Å²) in [5.41, 5.74) is -0.101. The van der Waals surface area contributed by atoms with Crippen LogP contribution in [-0.4, -0.2) is 122 Å². The van der Waals surface area contributed by atoms with E-state index in [1.807, 2.05) is 28.1 Å². The van der Waals surface area contributed by atoms with Crippen LogP contribution in [0.1, 0.15) is 75.6 Å². The molecular formula is C32H51FN4O7. The number of Topliss-reactive ketones (excluding diaryl/α,β-unsaturated/α-hetero) is 1. The Hall–Kier alpha value is -2.51. The molecule has 11 nitrogen and oxygen atoms in total. The molecule has 5 atom stereocenters. The molecule has 0 aromatic carbocycles. The van der Waals surface area contributed by atoms with Crippen LogP contribution in [0, 0.1) is 5.92 Å². The fraction of sp³-hybridized carbons (Fsp3) is 0.750. The smallest absolute Gasteiger partial charge is 0.316 e. The summed E-state index contributed by atoms with van der Waals surface area (Å²) < 4.78 is 28.6. The van der Waals surface area contributed by atoms with Gasteiger partial charge in [-0.1, -0.05) is 0 Å². The molecule has 3 saturated heterocycles. The SMILES string of the molecule is CC1CC(N(C)C)CC(OF)O1.COC1CCCN(C)CC2(CCN(C(=O)c3ccncc3)CC2)OC(=O)C(C)C(=O)CC1. The predicted molar refractivity (Wildman–Crippen MR) is 162 cm³/mol. The average molecular weight is 623 g/mol. The second-order valence-corrected chi connectivity index (χ2v) is 12.7. The fourth-order valence-electron chi connectivity index (χ4n) is 6.13. The largest absolute Gasteiger partial charge is 0.457 e. The summed E-state index contributed by atoms with van der Waals surface area (Å²) in [6.07, 6.45) is 8.01. The van der Waals surface area contributed by atoms with E-state index >= 15 is 0 Å². The number of hydrogen-bond acceptors (Lipinski definition) is 10. The second kappa shape index (κ2) is 17.3. The Balaban J connectivity index is 0.000000369. The van der Waals surface area contributed by atoms with Crippen molar-refractivity contribution in [2.75, 3.05) is 54.4 Å². The number of nitrogens with zero attached hydrogens (tertiary/aromatic N) is 4. The van der Waals surface area contributed by atoms with Crippen LogP contribution in [0.4, 0.5) is 4.53 Å². The number of methoxy groups -OCH3 is 1. The lowest BCUT2D eigenvalue weighted by atomic mass is 9.89. The zero-order valence-corrected chi connectivity index (χ0v) is 27.2. The molecular weight excluding hydrogens is 571 g/mol. The minimum Gasteiger partial charge on any atom is -0.457 e. The highest BCUT2D eigenvalue weighted by Crippen LogP contribution is 2.30. The number of amides is 1. The fourth-order valence-corrected chi connectivity index (χ4v) is 6.13. The summed E-state index contributed by atoms with van der Waals surface area (Å²) in [5, 5.41) is 0. The van der Waals surface area contributed by atoms with Gasteiger partial charge in [0, 0.05) is 76.4 Å². The molecule has 1 aromatic heterocycles. The van der Waals surface area contributed by atoms with Gasteiger partial charge in [-0.25, -0.2) is 0 Å². The summed E-state index contributed by atoms with van der Waals surface area (Å²) >= 11 is 0. The molecule has 5 unspecified atom stereocenters. The van der Waals surface area contributed by atoms with Gasteiger partial charge in [0.05, 0.1) is 12.2 Å². The predicted octanol–water partition coefficient (Wildman–Crippen LogP) is 3.67. The van der Waals surface area contributed by atoms with Gasteiger partial charge in [0.25, 0.3) is 5.91 Å². The van der Waals surface area contributed by atoms with Gasteiger partial charge in [-0.3, -0.25) is 19.4 Å². The Morgan fingerprint density at radius 1 is 1.09 bits per heavy atom. The number of aromatic nitrogens is 1. The number of pyridine rings is 1. The third-order valence-corrected chi connectivity index (χ3v) is 9.00. The number of likely N-dealkylation sites (N-methyl/N-ethyl adjacent to an activating group) is 1. The highest BCUT2D eigenvalue weighted by atomic mass is 19.3. The van der Waals surface area contributed by atoms with Crippen LogP contribution in [0.5, 0.6) is 0 Å². The molecule has 3 aliphatic heterocycles. The first kappa shape index (κ1) is 36.0. The number of rotatable bonds is 4. The van der Waals surface area contributed by atoms with Crippen molar-refractivity contribution in [2.45, 2.75) is 95.4 Å². The van der Waals surface area contributed by atoms with Crippen LogP contribution in [0.25, 0.3) is 0 Å². The Bertz CT molecular complexity index is 1050. The molecule has 4 rings (SSSR count). The molecule has 1 spiro atoms. The summed E-state index contributed by atoms with van der Waals surface area (Å²) in [6.45, 7) is 5.98. The van der Waals surface area contributed by atoms with Crippen molar-refractivity contribution in [3.8, 4) is 0 Å². The molecule has 3 aliphatic rings. The molecule has 1 amide bonds. The molecule has 4 heterocycles. The van der Waals surface area contributed by atoms with Crippen LogP contribution in [0.3, 0.4) is 0 Å². The van der Waals surface area contributed by atoms with Crippen LogP contribution < -0.4 is 0 Å². The van der Waals surface area contributed by atoms with Crippen molar-refractivity contribution in [1.82, 2.24) is 19.7 Å². The summed E-state index contributed by atoms with van der Waals surface area (Å²) in [7, 11) is 7.67. The quantitative estimate of drug-likeness (QED) is 0.364. The molecule has 248 valence electrons. The number of ether oxygens (including phenoxy) is 3. The van der Waals surface area contributed by atoms with Crippen molar-refractivity contribution in [2.24, 2.45) is 5.92 Å². The summed E-state index contributed by atoms with van der Waals surface area (Å²) in [6, 6.07) is 3.77. The highest BCUT2D eigenvalue weighted by Gasteiger charge is 2.42. The molecule has 12 heteroatoms. The van der Waals surface area contributed by atoms with E-state index in [4.69, 9.17) is 14.2 Å². The van der Waals surface area contributed by atoms with Crippen molar-refractivity contribution < 1.29 is 38.1 Å². The molecule has 0 radical (unpaired) electrons. The number of ketones is 1. The van der Waals surface area contributed by atoms with Gasteiger partial charge in [-0.2, -0.15) is 4.94 Å². The van der Waals surface area contributed by atoms with Crippen molar-refractivity contribution in [1.29, 1.82) is 0 Å². The third-order valence-electron chi connectivity index (χ3n) is 9.00. The number of likely N-dealkylation sites (tertiary alicyclic amines) is 1. The van der Waals surface area contributed by atoms with Gasteiger partial charge in [0.2, 0.25) is 0 Å². The van der Waals surface area contributed by atoms with Crippen molar-refractivity contribution in [3.63, 3.8) is 0 Å². The van der Waals surface area contributed by atoms with Gasteiger partial charge in [-0.05, 0) is 83.9 Å². The Kier molecular flexibility index (Phi) is 14.1. The Labute approximate surface area is 261 Å². The van der Waals surface area contributed by atoms with E-state index in [0.717, 1.165) is 25.8 Å². The zero-order valence-electron chi connectivity index (χ0n) is 27.2. The standard InChI is InChI=1S/C24H35N3O5.C8H16FNO2/c1-18-21(28)7-6-20(31-3)5-4-14-26(2)17-24(32-23(18)30)10-15-27(16-11-24)22(29)19-8-12-25-13-9-19;1-6-4-7(10(2)3)5-8(11-6)12-9/h8-9,12-13,18,20H,4-7,10-11,14-17H2,1-3H3;6-8H,4-5H2,1-3H3. The number of esters is 1. The second-order valence-electron chi connectivity index (χ2n) is 12.7. The first-order valence-corrected chi connectivity index (χ1v) is 15.7. The topological polar surface area (TPSA) is 111 Å². The minimum absolute atomic E-state index is 0.0210. The Morgan fingerprint density at radius 3 is 2.39 bits per heavy atom. The number of carbonyl (C=O) groups excluding carboxylic acids is 3.